The van der Waals surface area contributed by atoms with Crippen LogP contribution >= 0.6 is 0 Å². The van der Waals surface area contributed by atoms with Crippen molar-refractivity contribution >= 4 is 33.3 Å². The SMILES string of the molecule is Cc1cc(NS(C)(=O)=O)ccc1N=C(N)N=C(N)N. The van der Waals surface area contributed by atoms with Gasteiger partial charge >= 0.3 is 0 Å². The molecule has 8 nitrogen and oxygen atoms in total. The normalized spacial score (nSPS) is 12.0. The van der Waals surface area contributed by atoms with Crippen LogP contribution in [0.1, 0.15) is 5.56 Å². The van der Waals surface area contributed by atoms with Gasteiger partial charge in [-0.2, -0.15) is 4.99 Å². The molecule has 0 spiro atoms. The van der Waals surface area contributed by atoms with Crippen LogP contribution in [0.3, 0.4) is 0 Å². The zero-order chi connectivity index (χ0) is 14.6. The fourth-order valence-electron chi connectivity index (χ4n) is 1.34. The van der Waals surface area contributed by atoms with Gasteiger partial charge in [0, 0.05) is 5.69 Å². The molecular formula is C10H16N6O2S. The van der Waals surface area contributed by atoms with Gasteiger partial charge in [-0.25, -0.2) is 13.4 Å². The first-order chi connectivity index (χ1) is 8.67. The van der Waals surface area contributed by atoms with Gasteiger partial charge in [0.05, 0.1) is 11.9 Å². The number of rotatable bonds is 3. The number of sulfonamides is 1. The molecule has 1 aromatic rings. The number of anilines is 1. The number of nitrogens with two attached hydrogens (primary N) is 3. The lowest BCUT2D eigenvalue weighted by Gasteiger charge is -2.06. The van der Waals surface area contributed by atoms with Crippen LogP contribution in [-0.2, 0) is 10.0 Å². The Morgan fingerprint density at radius 3 is 2.37 bits per heavy atom. The quantitative estimate of drug-likeness (QED) is 0.439. The van der Waals surface area contributed by atoms with Crippen molar-refractivity contribution in [2.24, 2.45) is 27.2 Å². The average molecular weight is 284 g/mol. The highest BCUT2D eigenvalue weighted by atomic mass is 32.2. The number of nitrogens with one attached hydrogen (secondary N) is 1. The van der Waals surface area contributed by atoms with E-state index in [1.54, 1.807) is 25.1 Å². The molecule has 0 heterocycles. The zero-order valence-electron chi connectivity index (χ0n) is 10.6. The number of hydrogen-bond donors (Lipinski definition) is 4. The molecule has 0 bridgehead atoms. The van der Waals surface area contributed by atoms with Crippen LogP contribution in [0.15, 0.2) is 28.2 Å². The lowest BCUT2D eigenvalue weighted by atomic mass is 10.2. The van der Waals surface area contributed by atoms with Crippen LogP contribution in [0, 0.1) is 6.92 Å². The first-order valence-electron chi connectivity index (χ1n) is 5.19. The van der Waals surface area contributed by atoms with E-state index in [9.17, 15) is 8.42 Å². The maximum absolute atomic E-state index is 11.1. The molecule has 104 valence electrons. The number of nitrogens with zero attached hydrogens (tertiary/aromatic N) is 2. The molecule has 0 radical (unpaired) electrons. The highest BCUT2D eigenvalue weighted by Crippen LogP contribution is 2.22. The molecule has 1 aromatic carbocycles. The molecule has 0 aliphatic heterocycles. The fraction of sp³-hybridized carbons (Fsp3) is 0.200. The predicted molar refractivity (Wildman–Crippen MR) is 76.7 cm³/mol. The Kier molecular flexibility index (Phi) is 4.33. The second kappa shape index (κ2) is 5.57. The molecule has 0 saturated heterocycles. The van der Waals surface area contributed by atoms with Crippen molar-refractivity contribution in [2.45, 2.75) is 6.92 Å². The Hall–Kier alpha value is -2.29. The maximum atomic E-state index is 11.1. The van der Waals surface area contributed by atoms with E-state index in [2.05, 4.69) is 14.7 Å². The highest BCUT2D eigenvalue weighted by molar-refractivity contribution is 7.92. The van der Waals surface area contributed by atoms with Gasteiger partial charge in [0.1, 0.15) is 0 Å². The maximum Gasteiger partial charge on any atom is 0.229 e. The van der Waals surface area contributed by atoms with Crippen LogP contribution in [0.5, 0.6) is 0 Å². The summed E-state index contributed by atoms with van der Waals surface area (Å²) >= 11 is 0. The minimum atomic E-state index is -3.31. The summed E-state index contributed by atoms with van der Waals surface area (Å²) in [6.45, 7) is 1.76. The number of guanidine groups is 2. The summed E-state index contributed by atoms with van der Waals surface area (Å²) in [5.41, 5.74) is 17.6. The lowest BCUT2D eigenvalue weighted by Crippen LogP contribution is -2.26. The lowest BCUT2D eigenvalue weighted by molar-refractivity contribution is 0.607. The molecule has 0 aliphatic rings. The minimum absolute atomic E-state index is 0.0769. The van der Waals surface area contributed by atoms with Crippen molar-refractivity contribution < 1.29 is 8.42 Å². The molecule has 0 amide bonds. The summed E-state index contributed by atoms with van der Waals surface area (Å²) in [5, 5.41) is 0. The van der Waals surface area contributed by atoms with Gasteiger partial charge in [-0.05, 0) is 30.7 Å². The monoisotopic (exact) mass is 284 g/mol. The van der Waals surface area contributed by atoms with Gasteiger partial charge in [-0.15, -0.1) is 0 Å². The number of aryl methyl sites for hydroxylation is 1. The molecule has 0 unspecified atom stereocenters. The Balaban J connectivity index is 3.05. The third-order valence-corrected chi connectivity index (χ3v) is 2.59. The first-order valence-corrected chi connectivity index (χ1v) is 7.09. The second-order valence-electron chi connectivity index (χ2n) is 3.88. The highest BCUT2D eigenvalue weighted by Gasteiger charge is 2.04. The summed E-state index contributed by atoms with van der Waals surface area (Å²) < 4.78 is 24.5. The topological polar surface area (TPSA) is 149 Å². The second-order valence-corrected chi connectivity index (χ2v) is 5.63. The van der Waals surface area contributed by atoms with Gasteiger partial charge < -0.3 is 17.2 Å². The van der Waals surface area contributed by atoms with Crippen molar-refractivity contribution in [3.8, 4) is 0 Å². The number of hydrogen-bond acceptors (Lipinski definition) is 3. The number of benzene rings is 1. The molecule has 0 aromatic heterocycles. The third kappa shape index (κ3) is 5.25. The molecule has 0 aliphatic carbocycles. The van der Waals surface area contributed by atoms with Gasteiger partial charge in [-0.1, -0.05) is 0 Å². The number of aliphatic imine (C=N–C) groups is 2. The fourth-order valence-corrected chi connectivity index (χ4v) is 1.89. The Labute approximate surface area is 111 Å². The Bertz CT molecular complexity index is 631. The molecule has 0 fully saturated rings. The molecule has 7 N–H and O–H groups in total. The van der Waals surface area contributed by atoms with E-state index in [4.69, 9.17) is 17.2 Å². The summed E-state index contributed by atoms with van der Waals surface area (Å²) in [6, 6.07) is 4.80. The first kappa shape index (κ1) is 14.8. The third-order valence-electron chi connectivity index (χ3n) is 1.98. The van der Waals surface area contributed by atoms with Gasteiger partial charge in [-0.3, -0.25) is 4.72 Å². The van der Waals surface area contributed by atoms with Crippen LogP contribution in [-0.4, -0.2) is 26.6 Å². The predicted octanol–water partition coefficient (Wildman–Crippen LogP) is -0.414. The summed E-state index contributed by atoms with van der Waals surface area (Å²) in [6.07, 6.45) is 1.07. The van der Waals surface area contributed by atoms with Crippen molar-refractivity contribution in [3.63, 3.8) is 0 Å². The van der Waals surface area contributed by atoms with Crippen LogP contribution < -0.4 is 21.9 Å². The van der Waals surface area contributed by atoms with Crippen LogP contribution in [0.2, 0.25) is 0 Å². The molecule has 19 heavy (non-hydrogen) atoms. The standard InChI is InChI=1S/C10H16N6O2S/c1-6-5-7(16-19(2,17)18)3-4-8(6)14-10(13)15-9(11)12/h3-5,16H,1-2H3,(H6,11,12,13,14,15). The van der Waals surface area contributed by atoms with Crippen molar-refractivity contribution in [1.82, 2.24) is 0 Å². The molecule has 9 heteroatoms. The van der Waals surface area contributed by atoms with E-state index in [0.29, 0.717) is 11.4 Å². The minimum Gasteiger partial charge on any atom is -0.370 e. The van der Waals surface area contributed by atoms with Crippen LogP contribution in [0.25, 0.3) is 0 Å². The van der Waals surface area contributed by atoms with E-state index in [0.717, 1.165) is 11.8 Å². The van der Waals surface area contributed by atoms with E-state index in [-0.39, 0.29) is 11.9 Å². The van der Waals surface area contributed by atoms with E-state index in [1.807, 2.05) is 0 Å². The Morgan fingerprint density at radius 1 is 1.26 bits per heavy atom. The zero-order valence-corrected chi connectivity index (χ0v) is 11.4. The van der Waals surface area contributed by atoms with Crippen molar-refractivity contribution in [2.75, 3.05) is 11.0 Å². The van der Waals surface area contributed by atoms with Gasteiger partial charge in [0.25, 0.3) is 0 Å². The van der Waals surface area contributed by atoms with E-state index < -0.39 is 10.0 Å². The summed E-state index contributed by atoms with van der Waals surface area (Å²) in [5.74, 6) is -0.263. The largest absolute Gasteiger partial charge is 0.370 e. The summed E-state index contributed by atoms with van der Waals surface area (Å²) in [7, 11) is -3.31. The van der Waals surface area contributed by atoms with Crippen LogP contribution in [0.4, 0.5) is 11.4 Å². The summed E-state index contributed by atoms with van der Waals surface area (Å²) in [4.78, 5) is 7.59. The van der Waals surface area contributed by atoms with Crippen molar-refractivity contribution in [1.29, 1.82) is 0 Å². The average Bonchev–Trinajstić information content (AvgIpc) is 2.18. The van der Waals surface area contributed by atoms with Crippen molar-refractivity contribution in [3.05, 3.63) is 23.8 Å². The smallest absolute Gasteiger partial charge is 0.229 e. The van der Waals surface area contributed by atoms with E-state index >= 15 is 0 Å². The molecular weight excluding hydrogens is 268 g/mol. The van der Waals surface area contributed by atoms with E-state index in [1.165, 1.54) is 0 Å². The van der Waals surface area contributed by atoms with Gasteiger partial charge in [0.2, 0.25) is 16.0 Å². The van der Waals surface area contributed by atoms with Gasteiger partial charge in [0.15, 0.2) is 5.96 Å². The molecule has 1 rings (SSSR count). The Morgan fingerprint density at radius 2 is 1.89 bits per heavy atom. The molecule has 0 saturated carbocycles. The molecule has 0 atom stereocenters.